The summed E-state index contributed by atoms with van der Waals surface area (Å²) in [5.41, 5.74) is 6.36. The Morgan fingerprint density at radius 1 is 1.15 bits per heavy atom. The lowest BCUT2D eigenvalue weighted by Crippen LogP contribution is -2.05. The van der Waals surface area contributed by atoms with E-state index in [1.807, 2.05) is 0 Å². The van der Waals surface area contributed by atoms with E-state index in [2.05, 4.69) is 50.2 Å². The van der Waals surface area contributed by atoms with Gasteiger partial charge in [-0.15, -0.1) is 0 Å². The zero-order chi connectivity index (χ0) is 13.9. The van der Waals surface area contributed by atoms with Gasteiger partial charge in [0, 0.05) is 17.7 Å². The van der Waals surface area contributed by atoms with Gasteiger partial charge in [-0.1, -0.05) is 44.2 Å². The van der Waals surface area contributed by atoms with Crippen molar-refractivity contribution < 1.29 is 4.74 Å². The van der Waals surface area contributed by atoms with E-state index in [0.29, 0.717) is 12.5 Å². The van der Waals surface area contributed by atoms with Gasteiger partial charge in [-0.25, -0.2) is 0 Å². The number of aromatic nitrogens is 1. The van der Waals surface area contributed by atoms with Crippen LogP contribution in [-0.4, -0.2) is 4.98 Å². The standard InChI is InChI=1S/C18H21NO/c1-13(2)8-16-10-15-11-20-12-17(15)18(19-16)9-14-6-4-3-5-7-14/h3-7,10,13H,8-9,11-12H2,1-2H3. The van der Waals surface area contributed by atoms with Crippen molar-refractivity contribution in [3.63, 3.8) is 0 Å². The summed E-state index contributed by atoms with van der Waals surface area (Å²) in [7, 11) is 0. The highest BCUT2D eigenvalue weighted by Crippen LogP contribution is 2.26. The molecule has 3 rings (SSSR count). The molecule has 0 N–H and O–H groups in total. The average Bonchev–Trinajstić information content (AvgIpc) is 2.87. The number of pyridine rings is 1. The minimum absolute atomic E-state index is 0.632. The first-order valence-electron chi connectivity index (χ1n) is 7.34. The Balaban J connectivity index is 1.94. The van der Waals surface area contributed by atoms with Crippen LogP contribution >= 0.6 is 0 Å². The van der Waals surface area contributed by atoms with Crippen LogP contribution in [0.5, 0.6) is 0 Å². The zero-order valence-corrected chi connectivity index (χ0v) is 12.2. The lowest BCUT2D eigenvalue weighted by molar-refractivity contribution is 0.134. The molecule has 0 unspecified atom stereocenters. The SMILES string of the molecule is CC(C)Cc1cc2c(c(Cc3ccccc3)n1)COC2. The van der Waals surface area contributed by atoms with Gasteiger partial charge in [-0.2, -0.15) is 0 Å². The highest BCUT2D eigenvalue weighted by Gasteiger charge is 2.18. The summed E-state index contributed by atoms with van der Waals surface area (Å²) in [5, 5.41) is 0. The fourth-order valence-corrected chi connectivity index (χ4v) is 2.77. The van der Waals surface area contributed by atoms with E-state index >= 15 is 0 Å². The van der Waals surface area contributed by atoms with Crippen LogP contribution in [0.1, 0.15) is 41.9 Å². The van der Waals surface area contributed by atoms with E-state index in [4.69, 9.17) is 9.72 Å². The molecule has 0 amide bonds. The van der Waals surface area contributed by atoms with Gasteiger partial charge in [-0.05, 0) is 29.5 Å². The van der Waals surface area contributed by atoms with E-state index in [9.17, 15) is 0 Å². The summed E-state index contributed by atoms with van der Waals surface area (Å²) >= 11 is 0. The van der Waals surface area contributed by atoms with Crippen LogP contribution in [0.3, 0.4) is 0 Å². The topological polar surface area (TPSA) is 22.1 Å². The minimum atomic E-state index is 0.632. The molecule has 20 heavy (non-hydrogen) atoms. The van der Waals surface area contributed by atoms with Crippen LogP contribution in [0.2, 0.25) is 0 Å². The number of nitrogens with zero attached hydrogens (tertiary/aromatic N) is 1. The highest BCUT2D eigenvalue weighted by atomic mass is 16.5. The van der Waals surface area contributed by atoms with E-state index in [1.54, 1.807) is 0 Å². The molecule has 104 valence electrons. The molecular formula is C18H21NO. The lowest BCUT2D eigenvalue weighted by atomic mass is 9.99. The molecule has 0 saturated carbocycles. The van der Waals surface area contributed by atoms with Crippen LogP contribution in [-0.2, 0) is 30.8 Å². The molecule has 2 heteroatoms. The number of rotatable bonds is 4. The number of benzene rings is 1. The first-order chi connectivity index (χ1) is 9.72. The molecule has 0 fully saturated rings. The molecule has 0 spiro atoms. The van der Waals surface area contributed by atoms with Crippen LogP contribution in [0.4, 0.5) is 0 Å². The fourth-order valence-electron chi connectivity index (χ4n) is 2.77. The van der Waals surface area contributed by atoms with Gasteiger partial charge in [0.05, 0.1) is 18.9 Å². The predicted molar refractivity (Wildman–Crippen MR) is 80.5 cm³/mol. The molecule has 0 aliphatic carbocycles. The molecule has 1 aromatic carbocycles. The summed E-state index contributed by atoms with van der Waals surface area (Å²) in [6.07, 6.45) is 1.94. The molecule has 0 atom stereocenters. The maximum Gasteiger partial charge on any atom is 0.0742 e. The average molecular weight is 267 g/mol. The van der Waals surface area contributed by atoms with E-state index in [-0.39, 0.29) is 0 Å². The van der Waals surface area contributed by atoms with E-state index in [0.717, 1.165) is 19.4 Å². The molecule has 0 saturated heterocycles. The first-order valence-corrected chi connectivity index (χ1v) is 7.34. The Morgan fingerprint density at radius 2 is 1.95 bits per heavy atom. The van der Waals surface area contributed by atoms with Crippen molar-refractivity contribution in [3.05, 3.63) is 64.5 Å². The molecule has 0 radical (unpaired) electrons. The van der Waals surface area contributed by atoms with Gasteiger partial charge in [0.1, 0.15) is 0 Å². The largest absolute Gasteiger partial charge is 0.372 e. The molecular weight excluding hydrogens is 246 g/mol. The Labute approximate surface area is 120 Å². The summed E-state index contributed by atoms with van der Waals surface area (Å²) in [6, 6.07) is 12.8. The second-order valence-corrected chi connectivity index (χ2v) is 5.95. The lowest BCUT2D eigenvalue weighted by Gasteiger charge is -2.11. The van der Waals surface area contributed by atoms with Crippen LogP contribution in [0.15, 0.2) is 36.4 Å². The number of fused-ring (bicyclic) bond motifs is 1. The normalized spacial score (nSPS) is 13.8. The summed E-state index contributed by atoms with van der Waals surface area (Å²) in [4.78, 5) is 4.90. The summed E-state index contributed by atoms with van der Waals surface area (Å²) in [6.45, 7) is 5.93. The highest BCUT2D eigenvalue weighted by molar-refractivity contribution is 5.37. The maximum atomic E-state index is 5.61. The first kappa shape index (κ1) is 13.3. The van der Waals surface area contributed by atoms with Gasteiger partial charge in [0.15, 0.2) is 0 Å². The van der Waals surface area contributed by atoms with Crippen LogP contribution < -0.4 is 0 Å². The van der Waals surface area contributed by atoms with Gasteiger partial charge >= 0.3 is 0 Å². The molecule has 1 aromatic heterocycles. The quantitative estimate of drug-likeness (QED) is 0.838. The smallest absolute Gasteiger partial charge is 0.0742 e. The van der Waals surface area contributed by atoms with E-state index in [1.165, 1.54) is 28.1 Å². The van der Waals surface area contributed by atoms with Gasteiger partial charge in [-0.3, -0.25) is 4.98 Å². The van der Waals surface area contributed by atoms with Gasteiger partial charge in [0.2, 0.25) is 0 Å². The van der Waals surface area contributed by atoms with Crippen molar-refractivity contribution >= 4 is 0 Å². The summed E-state index contributed by atoms with van der Waals surface area (Å²) in [5.74, 6) is 0.632. The molecule has 0 bridgehead atoms. The third-order valence-corrected chi connectivity index (χ3v) is 3.69. The summed E-state index contributed by atoms with van der Waals surface area (Å²) < 4.78 is 5.61. The second kappa shape index (κ2) is 5.76. The van der Waals surface area contributed by atoms with E-state index < -0.39 is 0 Å². The monoisotopic (exact) mass is 267 g/mol. The van der Waals surface area contributed by atoms with Crippen molar-refractivity contribution in [1.82, 2.24) is 4.98 Å². The van der Waals surface area contributed by atoms with Crippen LogP contribution in [0, 0.1) is 5.92 Å². The third kappa shape index (κ3) is 2.91. The Bertz CT molecular complexity index is 590. The van der Waals surface area contributed by atoms with Crippen LogP contribution in [0.25, 0.3) is 0 Å². The number of hydrogen-bond donors (Lipinski definition) is 0. The van der Waals surface area contributed by atoms with Crippen molar-refractivity contribution in [1.29, 1.82) is 0 Å². The maximum absolute atomic E-state index is 5.61. The van der Waals surface area contributed by atoms with Crippen molar-refractivity contribution in [2.45, 2.75) is 39.9 Å². The zero-order valence-electron chi connectivity index (χ0n) is 12.2. The Kier molecular flexibility index (Phi) is 3.83. The molecule has 2 aromatic rings. The predicted octanol–water partition coefficient (Wildman–Crippen LogP) is 3.90. The number of ether oxygens (including phenoxy) is 1. The molecule has 2 nitrogen and oxygen atoms in total. The minimum Gasteiger partial charge on any atom is -0.372 e. The van der Waals surface area contributed by atoms with Crippen molar-refractivity contribution in [2.24, 2.45) is 5.92 Å². The molecule has 1 aliphatic heterocycles. The fraction of sp³-hybridized carbons (Fsp3) is 0.389. The third-order valence-electron chi connectivity index (χ3n) is 3.69. The second-order valence-electron chi connectivity index (χ2n) is 5.95. The van der Waals surface area contributed by atoms with Gasteiger partial charge in [0.25, 0.3) is 0 Å². The molecule has 1 aliphatic rings. The molecule has 2 heterocycles. The van der Waals surface area contributed by atoms with Crippen molar-refractivity contribution in [2.75, 3.05) is 0 Å². The van der Waals surface area contributed by atoms with Gasteiger partial charge < -0.3 is 4.74 Å². The Hall–Kier alpha value is -1.67. The Morgan fingerprint density at radius 3 is 2.70 bits per heavy atom. The van der Waals surface area contributed by atoms with Crippen molar-refractivity contribution in [3.8, 4) is 0 Å². The number of hydrogen-bond acceptors (Lipinski definition) is 2.